The molecule has 0 spiro atoms. The Hall–Kier alpha value is -0.553. The highest BCUT2D eigenvalue weighted by Crippen LogP contribution is 2.01. The smallest absolute Gasteiger partial charge is 0.129 e. The Kier molecular flexibility index (Phi) is 5.73. The number of carbonyl (C=O) groups excluding carboxylic acids is 1. The van der Waals surface area contributed by atoms with Crippen molar-refractivity contribution in [3.63, 3.8) is 0 Å². The van der Waals surface area contributed by atoms with Gasteiger partial charge in [0.05, 0.1) is 0 Å². The van der Waals surface area contributed by atoms with E-state index in [4.69, 9.17) is 0 Å². The van der Waals surface area contributed by atoms with Crippen LogP contribution in [-0.4, -0.2) is 13.9 Å². The molecule has 0 aliphatic heterocycles. The van der Waals surface area contributed by atoms with E-state index in [2.05, 4.69) is 31.1 Å². The molecule has 2 heteroatoms. The predicted molar refractivity (Wildman–Crippen MR) is 60.3 cm³/mol. The first-order valence-electron chi connectivity index (χ1n) is 4.91. The maximum atomic E-state index is 10.6. The quantitative estimate of drug-likeness (QED) is 0.384. The van der Waals surface area contributed by atoms with Crippen LogP contribution in [0.15, 0.2) is 0 Å². The summed E-state index contributed by atoms with van der Waals surface area (Å²) in [5.41, 5.74) is 3.31. The van der Waals surface area contributed by atoms with Crippen molar-refractivity contribution in [1.82, 2.24) is 0 Å². The number of Topliss-reactive ketones (excluding diaryl/α,β-unsaturated/α-hetero) is 1. The zero-order chi connectivity index (χ0) is 10.3. The summed E-state index contributed by atoms with van der Waals surface area (Å²) >= 11 is 0. The third-order valence-corrected chi connectivity index (χ3v) is 2.47. The molecule has 0 amide bonds. The molecular formula is C11H20OSi. The summed E-state index contributed by atoms with van der Waals surface area (Å²) in [4.78, 5) is 10.6. The summed E-state index contributed by atoms with van der Waals surface area (Å²) in [6, 6.07) is 0. The van der Waals surface area contributed by atoms with E-state index in [1.165, 1.54) is 0 Å². The van der Waals surface area contributed by atoms with Gasteiger partial charge in [0.2, 0.25) is 0 Å². The van der Waals surface area contributed by atoms with Crippen LogP contribution in [0.3, 0.4) is 0 Å². The fraction of sp³-hybridized carbons (Fsp3) is 0.727. The van der Waals surface area contributed by atoms with Gasteiger partial charge in [-0.25, -0.2) is 0 Å². The summed E-state index contributed by atoms with van der Waals surface area (Å²) < 4.78 is 0. The molecule has 0 aliphatic rings. The van der Waals surface area contributed by atoms with Gasteiger partial charge in [-0.2, -0.15) is 0 Å². The lowest BCUT2D eigenvalue weighted by Gasteiger charge is -2.03. The summed E-state index contributed by atoms with van der Waals surface area (Å²) in [7, 11) is -1.17. The maximum absolute atomic E-state index is 10.6. The normalized spacial score (nSPS) is 10.5. The molecule has 0 fully saturated rings. The molecule has 0 unspecified atom stereocenters. The SMILES string of the molecule is CC(=O)CCCCC#C[Si](C)(C)C. The second kappa shape index (κ2) is 5.99. The highest BCUT2D eigenvalue weighted by Gasteiger charge is 2.06. The van der Waals surface area contributed by atoms with Crippen LogP contribution in [0.4, 0.5) is 0 Å². The number of rotatable bonds is 4. The predicted octanol–water partition coefficient (Wildman–Crippen LogP) is 3.02. The zero-order valence-electron chi connectivity index (χ0n) is 9.24. The van der Waals surface area contributed by atoms with Crippen LogP contribution >= 0.6 is 0 Å². The van der Waals surface area contributed by atoms with Gasteiger partial charge in [0, 0.05) is 12.8 Å². The molecule has 0 aromatic heterocycles. The minimum Gasteiger partial charge on any atom is -0.300 e. The van der Waals surface area contributed by atoms with Crippen molar-refractivity contribution in [2.24, 2.45) is 0 Å². The van der Waals surface area contributed by atoms with Crippen LogP contribution in [-0.2, 0) is 4.79 Å². The Morgan fingerprint density at radius 2 is 1.85 bits per heavy atom. The van der Waals surface area contributed by atoms with Crippen molar-refractivity contribution in [1.29, 1.82) is 0 Å². The van der Waals surface area contributed by atoms with Crippen LogP contribution < -0.4 is 0 Å². The Bertz CT molecular complexity index is 214. The first-order chi connectivity index (χ1) is 5.92. The number of carbonyl (C=O) groups is 1. The average molecular weight is 196 g/mol. The highest BCUT2D eigenvalue weighted by molar-refractivity contribution is 6.83. The lowest BCUT2D eigenvalue weighted by atomic mass is 10.1. The van der Waals surface area contributed by atoms with Gasteiger partial charge in [-0.15, -0.1) is 11.5 Å². The van der Waals surface area contributed by atoms with Crippen LogP contribution in [0.25, 0.3) is 0 Å². The topological polar surface area (TPSA) is 17.1 Å². The van der Waals surface area contributed by atoms with Crippen molar-refractivity contribution in [2.45, 2.75) is 52.2 Å². The Morgan fingerprint density at radius 1 is 1.23 bits per heavy atom. The van der Waals surface area contributed by atoms with Gasteiger partial charge in [0.25, 0.3) is 0 Å². The van der Waals surface area contributed by atoms with Gasteiger partial charge >= 0.3 is 0 Å². The lowest BCUT2D eigenvalue weighted by Crippen LogP contribution is -2.16. The van der Waals surface area contributed by atoms with Crippen molar-refractivity contribution in [2.75, 3.05) is 0 Å². The standard InChI is InChI=1S/C11H20OSi/c1-11(12)9-7-5-6-8-10-13(2,3)4/h5-7,9H2,1-4H3. The van der Waals surface area contributed by atoms with Crippen molar-refractivity contribution >= 4 is 13.9 Å². The third kappa shape index (κ3) is 11.4. The van der Waals surface area contributed by atoms with Crippen LogP contribution in [0, 0.1) is 11.5 Å². The molecule has 0 aliphatic carbocycles. The van der Waals surface area contributed by atoms with E-state index in [0.717, 1.165) is 19.3 Å². The van der Waals surface area contributed by atoms with E-state index in [1.54, 1.807) is 6.92 Å². The molecule has 1 nitrogen and oxygen atoms in total. The minimum atomic E-state index is -1.17. The maximum Gasteiger partial charge on any atom is 0.129 e. The second-order valence-corrected chi connectivity index (χ2v) is 9.21. The molecule has 74 valence electrons. The average Bonchev–Trinajstić information content (AvgIpc) is 1.93. The van der Waals surface area contributed by atoms with Crippen LogP contribution in [0.2, 0.25) is 19.6 Å². The fourth-order valence-corrected chi connectivity index (χ4v) is 1.57. The van der Waals surface area contributed by atoms with Gasteiger partial charge in [0.1, 0.15) is 13.9 Å². The second-order valence-electron chi connectivity index (χ2n) is 4.46. The third-order valence-electron chi connectivity index (χ3n) is 1.54. The van der Waals surface area contributed by atoms with E-state index >= 15 is 0 Å². The molecule has 0 atom stereocenters. The molecule has 0 N–H and O–H groups in total. The number of ketones is 1. The highest BCUT2D eigenvalue weighted by atomic mass is 28.3. The van der Waals surface area contributed by atoms with E-state index in [9.17, 15) is 4.79 Å². The lowest BCUT2D eigenvalue weighted by molar-refractivity contribution is -0.117. The molecule has 0 saturated heterocycles. The van der Waals surface area contributed by atoms with Crippen LogP contribution in [0.1, 0.15) is 32.6 Å². The van der Waals surface area contributed by atoms with Crippen molar-refractivity contribution in [3.8, 4) is 11.5 Å². The monoisotopic (exact) mass is 196 g/mol. The van der Waals surface area contributed by atoms with E-state index in [1.807, 2.05) is 0 Å². The Balaban J connectivity index is 3.44. The van der Waals surface area contributed by atoms with Crippen molar-refractivity contribution < 1.29 is 4.79 Å². The number of hydrogen-bond acceptors (Lipinski definition) is 1. The van der Waals surface area contributed by atoms with Gasteiger partial charge in [-0.05, 0) is 19.8 Å². The first kappa shape index (κ1) is 12.4. The summed E-state index contributed by atoms with van der Waals surface area (Å²) in [5.74, 6) is 3.49. The summed E-state index contributed by atoms with van der Waals surface area (Å²) in [6.45, 7) is 8.38. The van der Waals surface area contributed by atoms with Gasteiger partial charge in [-0.1, -0.05) is 19.6 Å². The summed E-state index contributed by atoms with van der Waals surface area (Å²) in [5, 5.41) is 0. The van der Waals surface area contributed by atoms with E-state index < -0.39 is 8.07 Å². The number of unbranched alkanes of at least 4 members (excludes halogenated alkanes) is 2. The molecular weight excluding hydrogens is 176 g/mol. The van der Waals surface area contributed by atoms with E-state index in [0.29, 0.717) is 6.42 Å². The molecule has 0 radical (unpaired) electrons. The van der Waals surface area contributed by atoms with E-state index in [-0.39, 0.29) is 5.78 Å². The van der Waals surface area contributed by atoms with Crippen molar-refractivity contribution in [3.05, 3.63) is 0 Å². The molecule has 13 heavy (non-hydrogen) atoms. The first-order valence-corrected chi connectivity index (χ1v) is 8.41. The van der Waals surface area contributed by atoms with Gasteiger partial charge < -0.3 is 4.79 Å². The number of hydrogen-bond donors (Lipinski definition) is 0. The summed E-state index contributed by atoms with van der Waals surface area (Å²) in [6.07, 6.45) is 3.74. The van der Waals surface area contributed by atoms with Crippen LogP contribution in [0.5, 0.6) is 0 Å². The minimum absolute atomic E-state index is 0.290. The molecule has 0 saturated carbocycles. The molecule has 0 bridgehead atoms. The molecule has 0 aromatic rings. The molecule has 0 heterocycles. The Morgan fingerprint density at radius 3 is 2.31 bits per heavy atom. The van der Waals surface area contributed by atoms with Gasteiger partial charge in [0.15, 0.2) is 0 Å². The largest absolute Gasteiger partial charge is 0.300 e. The molecule has 0 aromatic carbocycles. The zero-order valence-corrected chi connectivity index (χ0v) is 10.2. The Labute approximate surface area is 82.9 Å². The molecule has 0 rings (SSSR count). The fourth-order valence-electron chi connectivity index (χ4n) is 0.915. The van der Waals surface area contributed by atoms with Gasteiger partial charge in [-0.3, -0.25) is 0 Å².